The Labute approximate surface area is 304 Å². The van der Waals surface area contributed by atoms with Gasteiger partial charge in [-0.1, -0.05) is 52.8 Å². The van der Waals surface area contributed by atoms with Gasteiger partial charge in [0.15, 0.2) is 8.32 Å². The van der Waals surface area contributed by atoms with Crippen LogP contribution >= 0.6 is 0 Å². The lowest BCUT2D eigenvalue weighted by Crippen LogP contribution is -2.74. The largest absolute Gasteiger partial charge is 0.491 e. The normalized spacial score (nSPS) is 15.9. The second kappa shape index (κ2) is 17.3. The van der Waals surface area contributed by atoms with Crippen LogP contribution in [0.1, 0.15) is 59.1 Å². The van der Waals surface area contributed by atoms with E-state index < -0.39 is 104 Å². The van der Waals surface area contributed by atoms with Crippen molar-refractivity contribution in [3.8, 4) is 5.75 Å². The zero-order chi connectivity index (χ0) is 43.4. The van der Waals surface area contributed by atoms with Gasteiger partial charge in [0.05, 0.1) is 12.7 Å². The van der Waals surface area contributed by atoms with Gasteiger partial charge in [0.1, 0.15) is 12.4 Å². The number of rotatable bonds is 21. The van der Waals surface area contributed by atoms with Crippen LogP contribution < -0.4 is 10.2 Å². The van der Waals surface area contributed by atoms with E-state index in [-0.39, 0.29) is 18.8 Å². The molecule has 0 aliphatic rings. The molecule has 0 heterocycles. The van der Waals surface area contributed by atoms with Crippen LogP contribution in [0.4, 0.5) is 74.6 Å². The highest BCUT2D eigenvalue weighted by atomic mass is 28.4. The maximum atomic E-state index is 14.8. The molecule has 24 heteroatoms. The van der Waals surface area contributed by atoms with E-state index in [9.17, 15) is 84.5 Å². The maximum absolute atomic E-state index is 14.8. The smallest absolute Gasteiger partial charge is 0.460 e. The summed E-state index contributed by atoms with van der Waals surface area (Å²) >= 11 is 0. The zero-order valence-corrected chi connectivity index (χ0v) is 30.4. The number of alkyl halides is 17. The summed E-state index contributed by atoms with van der Waals surface area (Å²) in [7, 11) is -3.95. The van der Waals surface area contributed by atoms with Crippen molar-refractivity contribution in [1.82, 2.24) is 5.48 Å². The number of hydroxylamine groups is 1. The van der Waals surface area contributed by atoms with E-state index in [0.29, 0.717) is 5.56 Å². The number of aliphatic hydroxyl groups is 1. The maximum Gasteiger partial charge on any atom is 0.460 e. The molecule has 0 unspecified atom stereocenters. The van der Waals surface area contributed by atoms with Gasteiger partial charge >= 0.3 is 47.6 Å². The van der Waals surface area contributed by atoms with Gasteiger partial charge in [0.2, 0.25) is 0 Å². The summed E-state index contributed by atoms with van der Waals surface area (Å²) in [6.45, 7) is 6.04. The number of carbonyl (C=O) groups excluding carboxylic acids is 1. The highest BCUT2D eigenvalue weighted by Gasteiger charge is 2.95. The molecule has 6 nitrogen and oxygen atoms in total. The van der Waals surface area contributed by atoms with Gasteiger partial charge < -0.3 is 14.3 Å². The van der Waals surface area contributed by atoms with E-state index >= 15 is 0 Å². The van der Waals surface area contributed by atoms with Crippen molar-refractivity contribution in [2.75, 3.05) is 13.2 Å². The molecule has 1 aromatic rings. The van der Waals surface area contributed by atoms with Crippen LogP contribution in [0.3, 0.4) is 0 Å². The number of aliphatic hydroxyl groups excluding tert-OH is 1. The third-order valence-electron chi connectivity index (χ3n) is 8.94. The lowest BCUT2D eigenvalue weighted by molar-refractivity contribution is -0.461. The number of carbonyl (C=O) groups is 1. The molecule has 0 radical (unpaired) electrons. The molecule has 55 heavy (non-hydrogen) atoms. The van der Waals surface area contributed by atoms with E-state index in [4.69, 9.17) is 14.4 Å². The Hall–Kier alpha value is -2.86. The third-order valence-corrected chi connectivity index (χ3v) is 14.6. The SMILES string of the molecule is CC(C)[Si](CCC(F)(F)C(F)(F)C(F)(F)C(F)(F)C(F)(F)C(F)(F)C(F)(F)C(F)(F)F)(OCCOc1ccc([C@H](O)[C@H](C)C/C=C/C(=O)NO)cc1)C(C)C. The van der Waals surface area contributed by atoms with Crippen LogP contribution in [0.5, 0.6) is 5.75 Å². The first-order valence-corrected chi connectivity index (χ1v) is 18.2. The molecule has 320 valence electrons. The minimum Gasteiger partial charge on any atom is -0.491 e. The van der Waals surface area contributed by atoms with Crippen molar-refractivity contribution in [3.63, 3.8) is 0 Å². The van der Waals surface area contributed by atoms with E-state index in [1.165, 1.54) is 63.5 Å². The lowest BCUT2D eigenvalue weighted by atomic mass is 9.88. The van der Waals surface area contributed by atoms with Crippen LogP contribution in [0.25, 0.3) is 0 Å². The summed E-state index contributed by atoms with van der Waals surface area (Å²) in [5.74, 6) is -57.8. The van der Waals surface area contributed by atoms with Gasteiger partial charge in [0, 0.05) is 12.5 Å². The molecule has 0 spiro atoms. The number of ether oxygens (including phenoxy) is 1. The third kappa shape index (κ3) is 9.65. The van der Waals surface area contributed by atoms with Crippen LogP contribution in [0, 0.1) is 5.92 Å². The molecule has 1 aromatic carbocycles. The van der Waals surface area contributed by atoms with E-state index in [2.05, 4.69) is 0 Å². The average molecular weight is 856 g/mol. The standard InChI is InChI=1S/C31H38F17NO5Si/c1-17(2)55(18(3)4,54-15-14-53-21-11-9-20(10-12-21)23(51)19(5)7-6-8-22(50)49-52)16-13-24(32,33)25(34,35)26(36,37)27(38,39)28(40,41)29(42,43)30(44,45)31(46,47)48/h6,8-12,17-19,23,51-52H,7,13-16H2,1-5H3,(H,49,50)/b8-6+/t19-,23-/m1/s1. The van der Waals surface area contributed by atoms with Crippen molar-refractivity contribution < 1.29 is 98.9 Å². The van der Waals surface area contributed by atoms with Crippen LogP contribution in [0.15, 0.2) is 36.4 Å². The van der Waals surface area contributed by atoms with Gasteiger partial charge in [-0.15, -0.1) is 0 Å². The molecule has 0 aliphatic carbocycles. The summed E-state index contributed by atoms with van der Waals surface area (Å²) in [6.07, 6.45) is -8.74. The zero-order valence-electron chi connectivity index (χ0n) is 29.4. The summed E-state index contributed by atoms with van der Waals surface area (Å²) in [4.78, 5) is 11.1. The fourth-order valence-corrected chi connectivity index (χ4v) is 9.86. The topological polar surface area (TPSA) is 88.0 Å². The summed E-state index contributed by atoms with van der Waals surface area (Å²) in [5, 5.41) is 19.0. The number of halogens is 17. The number of allylic oxidation sites excluding steroid dienone is 1. The van der Waals surface area contributed by atoms with E-state index in [1.54, 1.807) is 6.92 Å². The molecule has 0 aromatic heterocycles. The highest BCUT2D eigenvalue weighted by molar-refractivity contribution is 6.76. The van der Waals surface area contributed by atoms with Gasteiger partial charge in [-0.05, 0) is 47.2 Å². The predicted octanol–water partition coefficient (Wildman–Crippen LogP) is 10.4. The van der Waals surface area contributed by atoms with E-state index in [0.717, 1.165) is 6.08 Å². The van der Waals surface area contributed by atoms with Crippen molar-refractivity contribution in [3.05, 3.63) is 42.0 Å². The van der Waals surface area contributed by atoms with E-state index in [1.807, 2.05) is 0 Å². The predicted molar refractivity (Wildman–Crippen MR) is 162 cm³/mol. The van der Waals surface area contributed by atoms with Gasteiger partial charge in [-0.3, -0.25) is 10.0 Å². The Bertz CT molecular complexity index is 1430. The second-order valence-electron chi connectivity index (χ2n) is 13.2. The summed E-state index contributed by atoms with van der Waals surface area (Å²) in [5.41, 5.74) is 0.0748. The monoisotopic (exact) mass is 855 g/mol. The van der Waals surface area contributed by atoms with Gasteiger partial charge in [0.25, 0.3) is 5.91 Å². The molecule has 0 saturated heterocycles. The molecule has 0 bridgehead atoms. The van der Waals surface area contributed by atoms with Crippen molar-refractivity contribution in [2.24, 2.45) is 5.92 Å². The minimum atomic E-state index is -8.68. The quantitative estimate of drug-likeness (QED) is 0.0286. The molecule has 2 atom stereocenters. The first-order valence-electron chi connectivity index (χ1n) is 15.9. The number of hydrogen-bond acceptors (Lipinski definition) is 5. The minimum absolute atomic E-state index is 0.151. The first kappa shape index (κ1) is 50.2. The molecule has 0 aliphatic heterocycles. The average Bonchev–Trinajstić information content (AvgIpc) is 3.06. The fraction of sp³-hybridized carbons (Fsp3) is 0.710. The number of hydrogen-bond donors (Lipinski definition) is 3. The number of benzene rings is 1. The van der Waals surface area contributed by atoms with Gasteiger partial charge in [-0.2, -0.15) is 74.6 Å². The number of nitrogens with one attached hydrogen (secondary N) is 1. The molecule has 0 fully saturated rings. The van der Waals surface area contributed by atoms with Crippen LogP contribution in [-0.2, 0) is 9.22 Å². The van der Waals surface area contributed by atoms with Crippen molar-refractivity contribution in [2.45, 2.75) is 118 Å². The lowest BCUT2D eigenvalue weighted by Gasteiger charge is -2.44. The molecular weight excluding hydrogens is 817 g/mol. The second-order valence-corrected chi connectivity index (χ2v) is 18.2. The molecule has 1 amide bonds. The highest BCUT2D eigenvalue weighted by Crippen LogP contribution is 2.64. The van der Waals surface area contributed by atoms with Crippen molar-refractivity contribution in [1.29, 1.82) is 0 Å². The van der Waals surface area contributed by atoms with Gasteiger partial charge in [-0.25, -0.2) is 5.48 Å². The Balaban J connectivity index is 3.20. The Morgan fingerprint density at radius 1 is 0.709 bits per heavy atom. The first-order chi connectivity index (χ1) is 24.6. The Kier molecular flexibility index (Phi) is 15.8. The Morgan fingerprint density at radius 2 is 1.15 bits per heavy atom. The summed E-state index contributed by atoms with van der Waals surface area (Å²) < 4.78 is 245. The molecule has 3 N–H and O–H groups in total. The molecule has 1 rings (SSSR count). The Morgan fingerprint density at radius 3 is 1.56 bits per heavy atom. The summed E-state index contributed by atoms with van der Waals surface area (Å²) in [6, 6.07) is 4.36. The van der Waals surface area contributed by atoms with Crippen molar-refractivity contribution >= 4 is 14.2 Å². The fourth-order valence-electron chi connectivity index (χ4n) is 5.39. The number of amides is 1. The van der Waals surface area contributed by atoms with Crippen LogP contribution in [-0.4, -0.2) is 85.4 Å². The molecule has 0 saturated carbocycles. The molecular formula is C31H38F17NO5Si. The van der Waals surface area contributed by atoms with Crippen LogP contribution in [0.2, 0.25) is 17.1 Å².